The van der Waals surface area contributed by atoms with Gasteiger partial charge in [0.05, 0.1) is 6.61 Å². The van der Waals surface area contributed by atoms with Crippen molar-refractivity contribution in [3.8, 4) is 5.75 Å². The Labute approximate surface area is 154 Å². The minimum Gasteiger partial charge on any atom is -0.494 e. The molecule has 2 aromatic rings. The quantitative estimate of drug-likeness (QED) is 0.541. The van der Waals surface area contributed by atoms with E-state index in [-0.39, 0.29) is 11.0 Å². The number of rotatable bonds is 5. The molecule has 120 valence electrons. The Balaban J connectivity index is 1.90. The van der Waals surface area contributed by atoms with Gasteiger partial charge in [-0.1, -0.05) is 13.0 Å². The van der Waals surface area contributed by atoms with Gasteiger partial charge in [-0.25, -0.2) is 0 Å². The first-order chi connectivity index (χ1) is 11.1. The number of nitrogens with one attached hydrogen (secondary N) is 2. The van der Waals surface area contributed by atoms with Crippen LogP contribution in [0.4, 0.5) is 5.69 Å². The molecule has 4 nitrogen and oxygen atoms in total. The van der Waals surface area contributed by atoms with Crippen LogP contribution in [0.2, 0.25) is 0 Å². The van der Waals surface area contributed by atoms with Crippen molar-refractivity contribution < 1.29 is 9.53 Å². The minimum atomic E-state index is -0.232. The molecule has 0 spiro atoms. The van der Waals surface area contributed by atoms with Gasteiger partial charge < -0.3 is 10.1 Å². The maximum absolute atomic E-state index is 12.1. The smallest absolute Gasteiger partial charge is 0.257 e. The first-order valence-corrected chi connectivity index (χ1v) is 8.68. The Morgan fingerprint density at radius 3 is 2.61 bits per heavy atom. The molecule has 0 aromatic heterocycles. The van der Waals surface area contributed by atoms with Crippen LogP contribution < -0.4 is 15.4 Å². The highest BCUT2D eigenvalue weighted by Crippen LogP contribution is 2.16. The number of thiocarbonyl (C=S) groups is 1. The van der Waals surface area contributed by atoms with E-state index in [4.69, 9.17) is 17.0 Å². The van der Waals surface area contributed by atoms with Gasteiger partial charge in [0.15, 0.2) is 5.11 Å². The molecule has 2 N–H and O–H groups in total. The number of anilines is 1. The van der Waals surface area contributed by atoms with Crippen molar-refractivity contribution in [2.24, 2.45) is 0 Å². The Bertz CT molecular complexity index is 689. The van der Waals surface area contributed by atoms with Crippen LogP contribution in [0.5, 0.6) is 5.75 Å². The van der Waals surface area contributed by atoms with Crippen molar-refractivity contribution in [3.63, 3.8) is 0 Å². The van der Waals surface area contributed by atoms with Crippen LogP contribution in [-0.4, -0.2) is 17.6 Å². The van der Waals surface area contributed by atoms with Gasteiger partial charge in [0, 0.05) is 14.8 Å². The third-order valence-electron chi connectivity index (χ3n) is 2.90. The van der Waals surface area contributed by atoms with Gasteiger partial charge in [-0.05, 0) is 83.7 Å². The van der Waals surface area contributed by atoms with Gasteiger partial charge in [-0.15, -0.1) is 0 Å². The standard InChI is InChI=1S/C17H17IN2O2S/c1-2-10-22-15-8-6-14(7-9-15)19-17(23)20-16(21)12-4-3-5-13(18)11-12/h3-9,11H,2,10H2,1H3,(H2,19,20,21,23). The second kappa shape index (κ2) is 8.83. The number of halogens is 1. The number of ether oxygens (including phenoxy) is 1. The molecule has 0 saturated carbocycles. The summed E-state index contributed by atoms with van der Waals surface area (Å²) in [4.78, 5) is 12.1. The van der Waals surface area contributed by atoms with Gasteiger partial charge in [-0.2, -0.15) is 0 Å². The zero-order chi connectivity index (χ0) is 16.7. The molecular weight excluding hydrogens is 423 g/mol. The van der Waals surface area contributed by atoms with E-state index in [1.165, 1.54) is 0 Å². The van der Waals surface area contributed by atoms with Crippen LogP contribution in [0, 0.1) is 3.57 Å². The monoisotopic (exact) mass is 440 g/mol. The highest BCUT2D eigenvalue weighted by molar-refractivity contribution is 14.1. The van der Waals surface area contributed by atoms with E-state index >= 15 is 0 Å². The number of carbonyl (C=O) groups is 1. The maximum atomic E-state index is 12.1. The van der Waals surface area contributed by atoms with Crippen molar-refractivity contribution in [2.45, 2.75) is 13.3 Å². The molecular formula is C17H17IN2O2S. The molecule has 6 heteroatoms. The third-order valence-corrected chi connectivity index (χ3v) is 3.77. The molecule has 0 atom stereocenters. The molecule has 0 radical (unpaired) electrons. The average Bonchev–Trinajstić information content (AvgIpc) is 2.54. The molecule has 0 aliphatic carbocycles. The number of amides is 1. The fourth-order valence-electron chi connectivity index (χ4n) is 1.82. The highest BCUT2D eigenvalue weighted by atomic mass is 127. The van der Waals surface area contributed by atoms with E-state index in [1.54, 1.807) is 12.1 Å². The van der Waals surface area contributed by atoms with E-state index in [1.807, 2.05) is 36.4 Å². The van der Waals surface area contributed by atoms with Crippen LogP contribution in [0.15, 0.2) is 48.5 Å². The number of hydrogen-bond acceptors (Lipinski definition) is 3. The van der Waals surface area contributed by atoms with Crippen LogP contribution in [0.25, 0.3) is 0 Å². The topological polar surface area (TPSA) is 50.4 Å². The molecule has 23 heavy (non-hydrogen) atoms. The van der Waals surface area contributed by atoms with E-state index in [2.05, 4.69) is 40.1 Å². The lowest BCUT2D eigenvalue weighted by molar-refractivity contribution is 0.0977. The Morgan fingerprint density at radius 2 is 1.96 bits per heavy atom. The van der Waals surface area contributed by atoms with Crippen molar-refractivity contribution in [3.05, 3.63) is 57.7 Å². The molecule has 0 bridgehead atoms. The van der Waals surface area contributed by atoms with Gasteiger partial charge in [-0.3, -0.25) is 10.1 Å². The van der Waals surface area contributed by atoms with Crippen molar-refractivity contribution in [2.75, 3.05) is 11.9 Å². The number of hydrogen-bond donors (Lipinski definition) is 2. The van der Waals surface area contributed by atoms with E-state index in [0.29, 0.717) is 12.2 Å². The lowest BCUT2D eigenvalue weighted by Gasteiger charge is -2.10. The second-order valence-corrected chi connectivity index (χ2v) is 6.45. The Hall–Kier alpha value is -1.67. The summed E-state index contributed by atoms with van der Waals surface area (Å²) in [6.45, 7) is 2.75. The van der Waals surface area contributed by atoms with Crippen LogP contribution in [0.1, 0.15) is 23.7 Å². The van der Waals surface area contributed by atoms with Gasteiger partial charge >= 0.3 is 0 Å². The zero-order valence-corrected chi connectivity index (χ0v) is 15.6. The summed E-state index contributed by atoms with van der Waals surface area (Å²) in [6, 6.07) is 14.8. The van der Waals surface area contributed by atoms with Crippen molar-refractivity contribution in [1.82, 2.24) is 5.32 Å². The normalized spacial score (nSPS) is 10.0. The van der Waals surface area contributed by atoms with Gasteiger partial charge in [0.25, 0.3) is 5.91 Å². The van der Waals surface area contributed by atoms with E-state index in [0.717, 1.165) is 21.4 Å². The van der Waals surface area contributed by atoms with Crippen LogP contribution in [-0.2, 0) is 0 Å². The Kier molecular flexibility index (Phi) is 6.79. The third kappa shape index (κ3) is 5.80. The summed E-state index contributed by atoms with van der Waals surface area (Å²) in [6.07, 6.45) is 0.967. The lowest BCUT2D eigenvalue weighted by Crippen LogP contribution is -2.34. The largest absolute Gasteiger partial charge is 0.494 e. The molecule has 0 heterocycles. The predicted octanol–water partition coefficient (Wildman–Crippen LogP) is 4.21. The summed E-state index contributed by atoms with van der Waals surface area (Å²) in [5, 5.41) is 5.91. The molecule has 0 unspecified atom stereocenters. The lowest BCUT2D eigenvalue weighted by atomic mass is 10.2. The second-order valence-electron chi connectivity index (χ2n) is 4.79. The first-order valence-electron chi connectivity index (χ1n) is 7.19. The SMILES string of the molecule is CCCOc1ccc(NC(=S)NC(=O)c2cccc(I)c2)cc1. The molecule has 0 saturated heterocycles. The summed E-state index contributed by atoms with van der Waals surface area (Å²) >= 11 is 7.33. The maximum Gasteiger partial charge on any atom is 0.257 e. The molecule has 1 amide bonds. The summed E-state index contributed by atoms with van der Waals surface area (Å²) in [7, 11) is 0. The average molecular weight is 440 g/mol. The van der Waals surface area contributed by atoms with E-state index < -0.39 is 0 Å². The fraction of sp³-hybridized carbons (Fsp3) is 0.176. The predicted molar refractivity (Wildman–Crippen MR) is 105 cm³/mol. The minimum absolute atomic E-state index is 0.232. The Morgan fingerprint density at radius 1 is 1.22 bits per heavy atom. The van der Waals surface area contributed by atoms with Crippen LogP contribution >= 0.6 is 34.8 Å². The zero-order valence-electron chi connectivity index (χ0n) is 12.6. The van der Waals surface area contributed by atoms with Crippen molar-refractivity contribution in [1.29, 1.82) is 0 Å². The number of carbonyl (C=O) groups excluding carboxylic acids is 1. The summed E-state index contributed by atoms with van der Waals surface area (Å²) < 4.78 is 6.51. The molecule has 2 aromatic carbocycles. The highest BCUT2D eigenvalue weighted by Gasteiger charge is 2.08. The molecule has 2 rings (SSSR count). The van der Waals surface area contributed by atoms with E-state index in [9.17, 15) is 4.79 Å². The first kappa shape index (κ1) is 17.7. The molecule has 0 fully saturated rings. The van der Waals surface area contributed by atoms with Crippen molar-refractivity contribution >= 4 is 51.5 Å². The fourth-order valence-corrected chi connectivity index (χ4v) is 2.58. The molecule has 0 aliphatic heterocycles. The van der Waals surface area contributed by atoms with Crippen LogP contribution in [0.3, 0.4) is 0 Å². The number of benzene rings is 2. The summed E-state index contributed by atoms with van der Waals surface area (Å²) in [5.74, 6) is 0.579. The van der Waals surface area contributed by atoms with Gasteiger partial charge in [0.2, 0.25) is 0 Å². The summed E-state index contributed by atoms with van der Waals surface area (Å²) in [5.41, 5.74) is 1.37. The van der Waals surface area contributed by atoms with Gasteiger partial charge in [0.1, 0.15) is 5.75 Å². The molecule has 0 aliphatic rings.